The van der Waals surface area contributed by atoms with Crippen LogP contribution in [0.3, 0.4) is 0 Å². The Morgan fingerprint density at radius 2 is 1.97 bits per heavy atom. The number of hydrogen-bond donors (Lipinski definition) is 3. The molecular formula is C30H34N6O2. The third-order valence-corrected chi connectivity index (χ3v) is 7.95. The van der Waals surface area contributed by atoms with Crippen LogP contribution in [0.4, 0.5) is 4.79 Å². The SMILES string of the molecule is Cn1ccc(C2CCNCC2NC(=O)N(Cc2c[nH]c3cccc(Cc4ccncc4)c23)C2CC2)cc1=O. The van der Waals surface area contributed by atoms with E-state index < -0.39 is 0 Å². The number of aryl methyl sites for hydroxylation is 1. The minimum atomic E-state index is -0.0742. The number of nitrogens with one attached hydrogen (secondary N) is 3. The predicted molar refractivity (Wildman–Crippen MR) is 148 cm³/mol. The van der Waals surface area contributed by atoms with Crippen molar-refractivity contribution in [2.24, 2.45) is 7.05 Å². The smallest absolute Gasteiger partial charge is 0.318 e. The van der Waals surface area contributed by atoms with Gasteiger partial charge in [0.05, 0.1) is 0 Å². The Bertz CT molecular complexity index is 1490. The first-order valence-electron chi connectivity index (χ1n) is 13.5. The molecule has 0 bridgehead atoms. The number of benzene rings is 1. The molecule has 8 heteroatoms. The third-order valence-electron chi connectivity index (χ3n) is 7.95. The average molecular weight is 511 g/mol. The van der Waals surface area contributed by atoms with Gasteiger partial charge in [-0.25, -0.2) is 4.79 Å². The highest BCUT2D eigenvalue weighted by Crippen LogP contribution is 2.32. The summed E-state index contributed by atoms with van der Waals surface area (Å²) in [5.41, 5.74) is 5.65. The molecule has 2 unspecified atom stereocenters. The zero-order chi connectivity index (χ0) is 26.1. The van der Waals surface area contributed by atoms with Crippen molar-refractivity contribution in [1.82, 2.24) is 30.1 Å². The lowest BCUT2D eigenvalue weighted by Gasteiger charge is -2.35. The quantitative estimate of drug-likeness (QED) is 0.354. The van der Waals surface area contributed by atoms with Crippen LogP contribution in [0.25, 0.3) is 10.9 Å². The van der Waals surface area contributed by atoms with Crippen LogP contribution < -0.4 is 16.2 Å². The summed E-state index contributed by atoms with van der Waals surface area (Å²) in [5, 5.41) is 7.96. The normalized spacial score (nSPS) is 19.4. The highest BCUT2D eigenvalue weighted by Gasteiger charge is 2.36. The number of urea groups is 1. The highest BCUT2D eigenvalue weighted by atomic mass is 16.2. The van der Waals surface area contributed by atoms with Crippen molar-refractivity contribution < 1.29 is 4.79 Å². The van der Waals surface area contributed by atoms with Gasteiger partial charge in [0.1, 0.15) is 0 Å². The predicted octanol–water partition coefficient (Wildman–Crippen LogP) is 3.67. The van der Waals surface area contributed by atoms with Crippen LogP contribution in [0.1, 0.15) is 47.4 Å². The second-order valence-electron chi connectivity index (χ2n) is 10.6. The van der Waals surface area contributed by atoms with Crippen LogP contribution in [0.2, 0.25) is 0 Å². The monoisotopic (exact) mass is 510 g/mol. The lowest BCUT2D eigenvalue weighted by atomic mass is 9.86. The molecule has 1 aromatic carbocycles. The zero-order valence-electron chi connectivity index (χ0n) is 21.7. The van der Waals surface area contributed by atoms with Gasteiger partial charge in [0, 0.05) is 79.9 Å². The Kier molecular flexibility index (Phi) is 6.72. The first kappa shape index (κ1) is 24.4. The minimum absolute atomic E-state index is 0.0207. The minimum Gasteiger partial charge on any atom is -0.361 e. The van der Waals surface area contributed by atoms with Crippen molar-refractivity contribution >= 4 is 16.9 Å². The second-order valence-corrected chi connectivity index (χ2v) is 10.6. The molecule has 1 saturated heterocycles. The molecule has 0 radical (unpaired) electrons. The number of H-pyrrole nitrogens is 1. The fourth-order valence-corrected chi connectivity index (χ4v) is 5.71. The number of aromatic nitrogens is 3. The summed E-state index contributed by atoms with van der Waals surface area (Å²) in [6.45, 7) is 2.11. The summed E-state index contributed by atoms with van der Waals surface area (Å²) in [5.74, 6) is 0.107. The van der Waals surface area contributed by atoms with Gasteiger partial charge in [-0.3, -0.25) is 9.78 Å². The van der Waals surface area contributed by atoms with Crippen LogP contribution in [0, 0.1) is 0 Å². The van der Waals surface area contributed by atoms with Gasteiger partial charge < -0.3 is 25.1 Å². The average Bonchev–Trinajstić information content (AvgIpc) is 3.69. The van der Waals surface area contributed by atoms with Crippen molar-refractivity contribution in [2.45, 2.75) is 50.2 Å². The first-order valence-corrected chi connectivity index (χ1v) is 13.5. The van der Waals surface area contributed by atoms with Crippen molar-refractivity contribution in [3.05, 3.63) is 99.9 Å². The van der Waals surface area contributed by atoms with E-state index in [0.29, 0.717) is 13.1 Å². The van der Waals surface area contributed by atoms with Gasteiger partial charge in [0.2, 0.25) is 0 Å². The molecule has 2 atom stereocenters. The summed E-state index contributed by atoms with van der Waals surface area (Å²) in [7, 11) is 1.76. The fraction of sp³-hybridized carbons (Fsp3) is 0.367. The van der Waals surface area contributed by atoms with Crippen LogP contribution >= 0.6 is 0 Å². The number of hydrogen-bond acceptors (Lipinski definition) is 4. The molecule has 1 saturated carbocycles. The Hall–Kier alpha value is -3.91. The number of amides is 2. The molecular weight excluding hydrogens is 476 g/mol. The Morgan fingerprint density at radius 1 is 1.13 bits per heavy atom. The highest BCUT2D eigenvalue weighted by molar-refractivity contribution is 5.87. The topological polar surface area (TPSA) is 95.1 Å². The maximum Gasteiger partial charge on any atom is 0.318 e. The summed E-state index contributed by atoms with van der Waals surface area (Å²) < 4.78 is 1.58. The molecule has 3 aromatic heterocycles. The molecule has 4 heterocycles. The molecule has 2 amide bonds. The number of carbonyl (C=O) groups is 1. The van der Waals surface area contributed by atoms with Crippen molar-refractivity contribution in [3.63, 3.8) is 0 Å². The molecule has 3 N–H and O–H groups in total. The molecule has 1 aliphatic carbocycles. The number of fused-ring (bicyclic) bond motifs is 1. The van der Waals surface area contributed by atoms with E-state index in [2.05, 4.69) is 38.8 Å². The summed E-state index contributed by atoms with van der Waals surface area (Å²) in [6.07, 6.45) is 11.3. The fourth-order valence-electron chi connectivity index (χ4n) is 5.71. The molecule has 38 heavy (non-hydrogen) atoms. The lowest BCUT2D eigenvalue weighted by molar-refractivity contribution is 0.183. The van der Waals surface area contributed by atoms with Gasteiger partial charge in [-0.1, -0.05) is 12.1 Å². The van der Waals surface area contributed by atoms with Crippen LogP contribution in [-0.2, 0) is 20.0 Å². The standard InChI is InChI=1S/C30H34N6O2/c1-35-14-10-21(16-28(35)37)25-9-13-32-18-27(25)34-30(38)36(24-5-6-24)19-23-17-33-26-4-2-3-22(29(23)26)15-20-7-11-31-12-8-20/h2-4,7-8,10-12,14,16-17,24-25,27,32-33H,5-6,9,13,15,18-19H2,1H3,(H,34,38). The van der Waals surface area contributed by atoms with Crippen LogP contribution in [0.5, 0.6) is 0 Å². The van der Waals surface area contributed by atoms with Gasteiger partial charge in [0.25, 0.3) is 5.56 Å². The summed E-state index contributed by atoms with van der Waals surface area (Å²) in [6, 6.07) is 14.3. The van der Waals surface area contributed by atoms with E-state index in [1.807, 2.05) is 47.9 Å². The molecule has 4 aromatic rings. The lowest BCUT2D eigenvalue weighted by Crippen LogP contribution is -2.53. The number of nitrogens with zero attached hydrogens (tertiary/aromatic N) is 3. The van der Waals surface area contributed by atoms with E-state index in [9.17, 15) is 9.59 Å². The van der Waals surface area contributed by atoms with E-state index in [0.717, 1.165) is 48.9 Å². The van der Waals surface area contributed by atoms with Crippen LogP contribution in [0.15, 0.2) is 72.0 Å². The van der Waals surface area contributed by atoms with Gasteiger partial charge >= 0.3 is 6.03 Å². The van der Waals surface area contributed by atoms with Gasteiger partial charge in [-0.05, 0) is 78.7 Å². The molecule has 2 aliphatic rings. The Labute approximate surface area is 222 Å². The van der Waals surface area contributed by atoms with E-state index in [1.165, 1.54) is 16.5 Å². The van der Waals surface area contributed by atoms with Crippen molar-refractivity contribution in [3.8, 4) is 0 Å². The van der Waals surface area contributed by atoms with Gasteiger partial charge in [-0.15, -0.1) is 0 Å². The zero-order valence-corrected chi connectivity index (χ0v) is 21.7. The summed E-state index contributed by atoms with van der Waals surface area (Å²) in [4.78, 5) is 35.6. The number of carbonyl (C=O) groups excluding carboxylic acids is 1. The second kappa shape index (κ2) is 10.5. The Morgan fingerprint density at radius 3 is 2.76 bits per heavy atom. The van der Waals surface area contributed by atoms with Crippen molar-refractivity contribution in [2.75, 3.05) is 13.1 Å². The number of pyridine rings is 2. The molecule has 1 aliphatic heterocycles. The number of piperidine rings is 1. The maximum atomic E-state index is 13.7. The largest absolute Gasteiger partial charge is 0.361 e. The number of aromatic amines is 1. The van der Waals surface area contributed by atoms with Crippen molar-refractivity contribution in [1.29, 1.82) is 0 Å². The third kappa shape index (κ3) is 5.09. The summed E-state index contributed by atoms with van der Waals surface area (Å²) >= 11 is 0. The molecule has 2 fully saturated rings. The molecule has 0 spiro atoms. The van der Waals surface area contributed by atoms with Crippen LogP contribution in [-0.4, -0.2) is 50.6 Å². The molecule has 8 nitrogen and oxygen atoms in total. The Balaban J connectivity index is 1.23. The van der Waals surface area contributed by atoms with Gasteiger partial charge in [0.15, 0.2) is 0 Å². The van der Waals surface area contributed by atoms with E-state index in [4.69, 9.17) is 0 Å². The molecule has 196 valence electrons. The van der Waals surface area contributed by atoms with E-state index in [1.54, 1.807) is 17.7 Å². The molecule has 6 rings (SSSR count). The van der Waals surface area contributed by atoms with E-state index >= 15 is 0 Å². The van der Waals surface area contributed by atoms with Gasteiger partial charge in [-0.2, -0.15) is 0 Å². The van der Waals surface area contributed by atoms with E-state index in [-0.39, 0.29) is 29.6 Å². The maximum absolute atomic E-state index is 13.7. The first-order chi connectivity index (χ1) is 18.6. The number of rotatable bonds is 7.